The van der Waals surface area contributed by atoms with Gasteiger partial charge in [0.05, 0.1) is 4.90 Å². The lowest BCUT2D eigenvalue weighted by molar-refractivity contribution is 0.303. The van der Waals surface area contributed by atoms with Gasteiger partial charge in [0.1, 0.15) is 12.4 Å². The van der Waals surface area contributed by atoms with Crippen LogP contribution in [0.25, 0.3) is 0 Å². The highest BCUT2D eigenvalue weighted by Crippen LogP contribution is 2.25. The van der Waals surface area contributed by atoms with Crippen LogP contribution in [0.3, 0.4) is 0 Å². The zero-order valence-corrected chi connectivity index (χ0v) is 16.8. The monoisotopic (exact) mass is 446 g/mol. The largest absolute Gasteiger partial charge is 0.489 e. The smallest absolute Gasteiger partial charge is 0.238 e. The summed E-state index contributed by atoms with van der Waals surface area (Å²) in [6, 6.07) is 22.1. The Labute approximate surface area is 167 Å². The lowest BCUT2D eigenvalue weighted by atomic mass is 10.2. The molecule has 0 saturated carbocycles. The third-order valence-electron chi connectivity index (χ3n) is 3.93. The number of halogens is 1. The molecule has 7 heteroatoms. The number of benzene rings is 3. The highest BCUT2D eigenvalue weighted by molar-refractivity contribution is 9.10. The number of nitrogens with one attached hydrogen (secondary N) is 1. The fraction of sp³-hybridized carbons (Fsp3) is 0.100. The van der Waals surface area contributed by atoms with Crippen molar-refractivity contribution in [1.29, 1.82) is 0 Å². The Morgan fingerprint density at radius 1 is 0.963 bits per heavy atom. The highest BCUT2D eigenvalue weighted by Gasteiger charge is 2.08. The predicted molar refractivity (Wildman–Crippen MR) is 110 cm³/mol. The van der Waals surface area contributed by atoms with Gasteiger partial charge < -0.3 is 10.1 Å². The molecule has 0 aliphatic carbocycles. The second-order valence-electron chi connectivity index (χ2n) is 5.95. The number of primary sulfonamides is 1. The van der Waals surface area contributed by atoms with E-state index in [1.54, 1.807) is 12.1 Å². The van der Waals surface area contributed by atoms with E-state index in [-0.39, 0.29) is 4.90 Å². The molecule has 27 heavy (non-hydrogen) atoms. The molecule has 0 aromatic heterocycles. The van der Waals surface area contributed by atoms with Gasteiger partial charge in [0.25, 0.3) is 0 Å². The van der Waals surface area contributed by atoms with Crippen molar-refractivity contribution in [2.75, 3.05) is 5.32 Å². The minimum absolute atomic E-state index is 0.0855. The first-order valence-electron chi connectivity index (χ1n) is 8.24. The maximum Gasteiger partial charge on any atom is 0.238 e. The molecule has 3 N–H and O–H groups in total. The molecule has 0 bridgehead atoms. The summed E-state index contributed by atoms with van der Waals surface area (Å²) in [5.41, 5.74) is 2.87. The Hall–Kier alpha value is -2.35. The predicted octanol–water partition coefficient (Wildman–Crippen LogP) is 4.29. The Bertz CT molecular complexity index is 1010. The van der Waals surface area contributed by atoms with Crippen molar-refractivity contribution >= 4 is 31.6 Å². The first kappa shape index (κ1) is 19.4. The zero-order valence-electron chi connectivity index (χ0n) is 14.4. The molecule has 0 radical (unpaired) electrons. The van der Waals surface area contributed by atoms with Gasteiger partial charge in [0, 0.05) is 22.3 Å². The normalized spacial score (nSPS) is 11.2. The lowest BCUT2D eigenvalue weighted by Crippen LogP contribution is -2.12. The van der Waals surface area contributed by atoms with Gasteiger partial charge in [-0.25, -0.2) is 13.6 Å². The van der Waals surface area contributed by atoms with Crippen LogP contribution in [0.4, 0.5) is 5.69 Å². The Balaban J connectivity index is 1.69. The quantitative estimate of drug-likeness (QED) is 0.566. The van der Waals surface area contributed by atoms with Crippen LogP contribution >= 0.6 is 15.9 Å². The first-order chi connectivity index (χ1) is 12.9. The molecule has 0 atom stereocenters. The van der Waals surface area contributed by atoms with Crippen LogP contribution in [0.15, 0.2) is 82.2 Å². The Kier molecular flexibility index (Phi) is 6.15. The summed E-state index contributed by atoms with van der Waals surface area (Å²) in [7, 11) is -3.69. The molecule has 0 unspecified atom stereocenters. The van der Waals surface area contributed by atoms with E-state index in [9.17, 15) is 8.42 Å². The average Bonchev–Trinajstić information content (AvgIpc) is 2.66. The molecule has 3 aromatic carbocycles. The Morgan fingerprint density at radius 3 is 2.33 bits per heavy atom. The van der Waals surface area contributed by atoms with Crippen molar-refractivity contribution in [2.24, 2.45) is 5.14 Å². The van der Waals surface area contributed by atoms with Crippen molar-refractivity contribution in [2.45, 2.75) is 18.0 Å². The molecular formula is C20H19BrN2O3S. The number of ether oxygens (including phenoxy) is 1. The van der Waals surface area contributed by atoms with Gasteiger partial charge in [-0.2, -0.15) is 0 Å². The molecule has 5 nitrogen and oxygen atoms in total. The topological polar surface area (TPSA) is 81.4 Å². The van der Waals surface area contributed by atoms with Gasteiger partial charge in [0.15, 0.2) is 0 Å². The van der Waals surface area contributed by atoms with Gasteiger partial charge in [-0.3, -0.25) is 0 Å². The summed E-state index contributed by atoms with van der Waals surface area (Å²) in [4.78, 5) is 0.0855. The third-order valence-corrected chi connectivity index (χ3v) is 5.35. The summed E-state index contributed by atoms with van der Waals surface area (Å²) >= 11 is 3.49. The van der Waals surface area contributed by atoms with E-state index < -0.39 is 10.0 Å². The van der Waals surface area contributed by atoms with Crippen molar-refractivity contribution in [3.63, 3.8) is 0 Å². The average molecular weight is 447 g/mol. The number of hydrogen-bond acceptors (Lipinski definition) is 4. The lowest BCUT2D eigenvalue weighted by Gasteiger charge is -2.14. The second-order valence-corrected chi connectivity index (χ2v) is 8.43. The van der Waals surface area contributed by atoms with Gasteiger partial charge in [-0.05, 0) is 48.0 Å². The maximum atomic E-state index is 11.3. The molecular weight excluding hydrogens is 428 g/mol. The molecule has 0 spiro atoms. The summed E-state index contributed by atoms with van der Waals surface area (Å²) in [6.45, 7) is 1.01. The van der Waals surface area contributed by atoms with Crippen molar-refractivity contribution in [3.05, 3.63) is 88.4 Å². The molecule has 0 aliphatic heterocycles. The van der Waals surface area contributed by atoms with E-state index >= 15 is 0 Å². The van der Waals surface area contributed by atoms with Crippen molar-refractivity contribution in [3.8, 4) is 5.75 Å². The summed E-state index contributed by atoms with van der Waals surface area (Å²) in [5, 5.41) is 8.39. The number of sulfonamides is 1. The van der Waals surface area contributed by atoms with Crippen LogP contribution in [0.5, 0.6) is 5.75 Å². The first-order valence-corrected chi connectivity index (χ1v) is 10.6. The van der Waals surface area contributed by atoms with Crippen molar-refractivity contribution in [1.82, 2.24) is 0 Å². The minimum Gasteiger partial charge on any atom is -0.489 e. The fourth-order valence-corrected chi connectivity index (χ4v) is 3.45. The van der Waals surface area contributed by atoms with Gasteiger partial charge in [0.2, 0.25) is 10.0 Å². The second kappa shape index (κ2) is 8.56. The van der Waals surface area contributed by atoms with E-state index in [0.29, 0.717) is 13.2 Å². The summed E-state index contributed by atoms with van der Waals surface area (Å²) in [6.07, 6.45) is 0. The molecule has 140 valence electrons. The van der Waals surface area contributed by atoms with Crippen molar-refractivity contribution < 1.29 is 13.2 Å². The zero-order chi connectivity index (χ0) is 19.3. The Morgan fingerprint density at radius 2 is 1.67 bits per heavy atom. The molecule has 3 rings (SSSR count). The molecule has 0 amide bonds. The van der Waals surface area contributed by atoms with Gasteiger partial charge in [-0.1, -0.05) is 46.3 Å². The molecule has 3 aromatic rings. The number of hydrogen-bond donors (Lipinski definition) is 2. The molecule has 0 saturated heterocycles. The van der Waals surface area contributed by atoms with Gasteiger partial charge >= 0.3 is 0 Å². The van der Waals surface area contributed by atoms with Crippen LogP contribution in [-0.2, 0) is 23.2 Å². The minimum atomic E-state index is -3.69. The number of nitrogens with two attached hydrogens (primary N) is 1. The van der Waals surface area contributed by atoms with Crippen LogP contribution in [0.2, 0.25) is 0 Å². The van der Waals surface area contributed by atoms with E-state index in [1.165, 1.54) is 12.1 Å². The van der Waals surface area contributed by atoms with E-state index in [0.717, 1.165) is 27.0 Å². The number of rotatable bonds is 7. The molecule has 0 heterocycles. The standard InChI is InChI=1S/C20H19BrN2O3S/c21-17-6-11-20(26-14-15-4-2-1-3-5-15)16(12-17)13-23-18-7-9-19(10-8-18)27(22,24)25/h1-12,23H,13-14H2,(H2,22,24,25). The van der Waals surface area contributed by atoms with Crippen LogP contribution in [-0.4, -0.2) is 8.42 Å². The molecule has 0 fully saturated rings. The summed E-state index contributed by atoms with van der Waals surface area (Å²) in [5.74, 6) is 0.788. The highest BCUT2D eigenvalue weighted by atomic mass is 79.9. The van der Waals surface area contributed by atoms with E-state index in [1.807, 2.05) is 48.5 Å². The van der Waals surface area contributed by atoms with E-state index in [2.05, 4.69) is 21.2 Å². The van der Waals surface area contributed by atoms with Crippen LogP contribution in [0, 0.1) is 0 Å². The maximum absolute atomic E-state index is 11.3. The van der Waals surface area contributed by atoms with E-state index in [4.69, 9.17) is 9.88 Å². The third kappa shape index (κ3) is 5.56. The fourth-order valence-electron chi connectivity index (χ4n) is 2.52. The SMILES string of the molecule is NS(=O)(=O)c1ccc(NCc2cc(Br)ccc2OCc2ccccc2)cc1. The summed E-state index contributed by atoms with van der Waals surface area (Å²) < 4.78 is 29.6. The van der Waals surface area contributed by atoms with Crippen LogP contribution in [0.1, 0.15) is 11.1 Å². The van der Waals surface area contributed by atoms with Gasteiger partial charge in [-0.15, -0.1) is 0 Å². The van der Waals surface area contributed by atoms with Crippen LogP contribution < -0.4 is 15.2 Å². The molecule has 0 aliphatic rings. The number of anilines is 1.